The minimum atomic E-state index is -2.97. The van der Waals surface area contributed by atoms with Gasteiger partial charge in [0.2, 0.25) is 0 Å². The molecule has 0 spiro atoms. The van der Waals surface area contributed by atoms with E-state index in [9.17, 15) is 34.2 Å². The maximum atomic E-state index is 16.1. The van der Waals surface area contributed by atoms with Gasteiger partial charge in [0.15, 0.2) is 5.78 Å². The molecular formula is C51H71ClFN3O8. The number of esters is 1. The molecule has 5 fully saturated rings. The highest BCUT2D eigenvalue weighted by atomic mass is 35.5. The summed E-state index contributed by atoms with van der Waals surface area (Å²) in [6.45, 7) is 22.8. The second-order valence-electron chi connectivity index (χ2n) is 22.7. The highest BCUT2D eigenvalue weighted by molar-refractivity contribution is 6.30. The quantitative estimate of drug-likeness (QED) is 0.0781. The Labute approximate surface area is 383 Å². The number of aliphatic carboxylic acids is 1. The van der Waals surface area contributed by atoms with Gasteiger partial charge in [0.1, 0.15) is 6.10 Å². The SMILES string of the molecule is C=C[C@@]12CC[C@]3(C)[C@H](CC[C@@H]4C5=C(C(C)C)C(=O)C[C@]5([C@@H](O)CNC(=O)C(F)(CN)NC(=O)c5ccc(Cl)cc5)CC[C@]43C)[C@@]1(C)CC[C@H](OC(=O)[C@H]1C[C@@H](C(=O)O)C1(C)C)C2(C)C. The van der Waals surface area contributed by atoms with Gasteiger partial charge in [-0.2, -0.15) is 0 Å². The van der Waals surface area contributed by atoms with Crippen molar-refractivity contribution in [1.29, 1.82) is 0 Å². The van der Waals surface area contributed by atoms with Crippen LogP contribution in [0.5, 0.6) is 0 Å². The second-order valence-corrected chi connectivity index (χ2v) is 23.2. The third-order valence-corrected chi connectivity index (χ3v) is 19.8. The number of fused-ring (bicyclic) bond motifs is 7. The fourth-order valence-corrected chi connectivity index (χ4v) is 15.5. The second kappa shape index (κ2) is 16.0. The number of allylic oxidation sites excluding steroid dienone is 2. The average molecular weight is 909 g/mol. The summed E-state index contributed by atoms with van der Waals surface area (Å²) in [6, 6.07) is 5.77. The number of rotatable bonds is 12. The number of nitrogens with one attached hydrogen (secondary N) is 2. The first kappa shape index (κ1) is 48.3. The van der Waals surface area contributed by atoms with E-state index in [2.05, 4.69) is 57.9 Å². The number of benzene rings is 1. The zero-order chi connectivity index (χ0) is 47.4. The van der Waals surface area contributed by atoms with Crippen molar-refractivity contribution in [2.75, 3.05) is 13.1 Å². The summed E-state index contributed by atoms with van der Waals surface area (Å²) < 4.78 is 22.6. The molecular weight excluding hydrogens is 837 g/mol. The summed E-state index contributed by atoms with van der Waals surface area (Å²) in [5.74, 6) is -7.11. The van der Waals surface area contributed by atoms with Crippen LogP contribution in [0, 0.1) is 67.5 Å². The Balaban J connectivity index is 1.14. The topological polar surface area (TPSA) is 185 Å². The Morgan fingerprint density at radius 1 is 0.953 bits per heavy atom. The van der Waals surface area contributed by atoms with E-state index in [-0.39, 0.29) is 82.2 Å². The van der Waals surface area contributed by atoms with Gasteiger partial charge in [-0.05, 0) is 127 Å². The van der Waals surface area contributed by atoms with E-state index in [0.29, 0.717) is 17.9 Å². The molecule has 6 aliphatic rings. The van der Waals surface area contributed by atoms with Crippen LogP contribution in [0.2, 0.25) is 5.02 Å². The fraction of sp³-hybridized carbons (Fsp3) is 0.706. The molecule has 1 aromatic carbocycles. The molecule has 12 atom stereocenters. The van der Waals surface area contributed by atoms with Gasteiger partial charge >= 0.3 is 11.9 Å². The predicted molar refractivity (Wildman–Crippen MR) is 242 cm³/mol. The van der Waals surface area contributed by atoms with Crippen molar-refractivity contribution in [3.63, 3.8) is 0 Å². The normalized spacial score (nSPS) is 38.5. The van der Waals surface area contributed by atoms with Crippen molar-refractivity contribution >= 4 is 41.1 Å². The van der Waals surface area contributed by atoms with Crippen molar-refractivity contribution in [2.24, 2.45) is 73.2 Å². The number of amides is 2. The molecule has 0 bridgehead atoms. The van der Waals surface area contributed by atoms with Gasteiger partial charge in [-0.1, -0.05) is 85.6 Å². The van der Waals surface area contributed by atoms with E-state index in [1.54, 1.807) is 0 Å². The molecule has 64 heavy (non-hydrogen) atoms. The van der Waals surface area contributed by atoms with E-state index in [0.717, 1.165) is 49.7 Å². The number of hydrogen-bond donors (Lipinski definition) is 5. The number of carbonyl (C=O) groups excluding carboxylic acids is 4. The van der Waals surface area contributed by atoms with E-state index >= 15 is 4.39 Å². The van der Waals surface area contributed by atoms with Crippen molar-refractivity contribution in [2.45, 2.75) is 145 Å². The van der Waals surface area contributed by atoms with Crippen LogP contribution in [0.15, 0.2) is 48.1 Å². The van der Waals surface area contributed by atoms with E-state index < -0.39 is 64.3 Å². The molecule has 13 heteroatoms. The minimum absolute atomic E-state index is 0.00333. The van der Waals surface area contributed by atoms with Crippen molar-refractivity contribution in [3.05, 3.63) is 58.7 Å². The predicted octanol–water partition coefficient (Wildman–Crippen LogP) is 8.37. The van der Waals surface area contributed by atoms with Gasteiger partial charge < -0.3 is 31.3 Å². The number of nitrogens with two attached hydrogens (primary N) is 1. The summed E-state index contributed by atoms with van der Waals surface area (Å²) in [6.07, 6.45) is 7.11. The van der Waals surface area contributed by atoms with Gasteiger partial charge in [-0.3, -0.25) is 24.0 Å². The summed E-state index contributed by atoms with van der Waals surface area (Å²) in [5, 5.41) is 27.1. The lowest BCUT2D eigenvalue weighted by molar-refractivity contribution is -0.263. The van der Waals surface area contributed by atoms with Crippen LogP contribution in [0.4, 0.5) is 4.39 Å². The first-order valence-electron chi connectivity index (χ1n) is 23.5. The molecule has 6 N–H and O–H groups in total. The maximum Gasteiger partial charge on any atom is 0.309 e. The first-order valence-corrected chi connectivity index (χ1v) is 23.8. The Hall–Kier alpha value is -3.61. The molecule has 0 radical (unpaired) electrons. The van der Waals surface area contributed by atoms with Crippen LogP contribution >= 0.6 is 11.6 Å². The number of carboxylic acids is 1. The molecule has 352 valence electrons. The number of Topliss-reactive ketones (excluding diaryl/α,β-unsaturated/α-hetero) is 1. The standard InChI is InChI=1S/C51H71ClFN3O8/c1-11-50-23-21-47(9)35(48(50,10)19-18-37(45(50,6)7)64-42(62)33-24-32(41(60)61)44(33,4)5)17-16-31-39-38(28(2)3)34(57)25-49(39,22-20-46(31,47)8)36(58)26-55-43(63)51(53,27-54)56-40(59)29-12-14-30(52)15-13-29/h11-15,28,31-33,35-37,58H,1,16-27,54H2,2-10H3,(H,55,63)(H,56,59)(H,60,61)/t31-,32+,33-,35+,36+,37+,46-,47-,48-,49+,50+,51?/m1/s1. The average Bonchev–Trinajstić information content (AvgIpc) is 3.54. The molecule has 11 nitrogen and oxygen atoms in total. The number of ketones is 1. The number of aliphatic hydroxyl groups excluding tert-OH is 1. The lowest BCUT2D eigenvalue weighted by Crippen LogP contribution is -2.70. The molecule has 6 aliphatic carbocycles. The molecule has 1 unspecified atom stereocenters. The maximum absolute atomic E-state index is 16.1. The number of hydrogen-bond acceptors (Lipinski definition) is 8. The number of ether oxygens (including phenoxy) is 1. The molecule has 2 amide bonds. The number of halogens is 2. The number of alkyl halides is 1. The summed E-state index contributed by atoms with van der Waals surface area (Å²) in [4.78, 5) is 66.3. The number of carboxylic acid groups (broad SMARTS) is 1. The van der Waals surface area contributed by atoms with Crippen molar-refractivity contribution in [1.82, 2.24) is 10.6 Å². The molecule has 0 heterocycles. The molecule has 7 rings (SSSR count). The zero-order valence-corrected chi connectivity index (χ0v) is 40.1. The Morgan fingerprint density at radius 3 is 2.17 bits per heavy atom. The van der Waals surface area contributed by atoms with Gasteiger partial charge in [0.25, 0.3) is 17.6 Å². The highest BCUT2D eigenvalue weighted by Gasteiger charge is 2.74. The molecule has 0 aliphatic heterocycles. The van der Waals surface area contributed by atoms with Crippen LogP contribution < -0.4 is 16.4 Å². The van der Waals surface area contributed by atoms with Crippen LogP contribution in [-0.2, 0) is 23.9 Å². The first-order chi connectivity index (χ1) is 29.7. The summed E-state index contributed by atoms with van der Waals surface area (Å²) in [5.41, 5.74) is 4.43. The fourth-order valence-electron chi connectivity index (χ4n) is 15.3. The number of aliphatic hydroxyl groups is 1. The van der Waals surface area contributed by atoms with Crippen LogP contribution in [0.25, 0.3) is 0 Å². The highest BCUT2D eigenvalue weighted by Crippen LogP contribution is 2.80. The van der Waals surface area contributed by atoms with Gasteiger partial charge in [0.05, 0.1) is 24.5 Å². The zero-order valence-electron chi connectivity index (χ0n) is 39.3. The van der Waals surface area contributed by atoms with Gasteiger partial charge in [-0.25, -0.2) is 4.39 Å². The van der Waals surface area contributed by atoms with E-state index in [1.165, 1.54) is 24.3 Å². The smallest absolute Gasteiger partial charge is 0.309 e. The van der Waals surface area contributed by atoms with Crippen LogP contribution in [0.1, 0.15) is 137 Å². The molecule has 5 saturated carbocycles. The lowest BCUT2D eigenvalue weighted by atomic mass is 9.29. The third kappa shape index (κ3) is 6.70. The van der Waals surface area contributed by atoms with Crippen molar-refractivity contribution in [3.8, 4) is 0 Å². The van der Waals surface area contributed by atoms with Gasteiger partial charge in [-0.15, -0.1) is 6.58 Å². The number of carbonyl (C=O) groups is 5. The molecule has 0 saturated heterocycles. The Kier molecular flexibility index (Phi) is 12.1. The molecule has 1 aromatic rings. The minimum Gasteiger partial charge on any atom is -0.481 e. The third-order valence-electron chi connectivity index (χ3n) is 19.5. The van der Waals surface area contributed by atoms with E-state index in [1.807, 2.05) is 27.7 Å². The summed E-state index contributed by atoms with van der Waals surface area (Å²) in [7, 11) is 0. The largest absolute Gasteiger partial charge is 0.481 e. The van der Waals surface area contributed by atoms with Gasteiger partial charge in [0, 0.05) is 39.8 Å². The molecule has 0 aromatic heterocycles. The van der Waals surface area contributed by atoms with Crippen molar-refractivity contribution < 1.29 is 43.3 Å². The monoisotopic (exact) mass is 907 g/mol. The van der Waals surface area contributed by atoms with E-state index in [4.69, 9.17) is 22.1 Å². The van der Waals surface area contributed by atoms with Crippen LogP contribution in [0.3, 0.4) is 0 Å². The Morgan fingerprint density at radius 2 is 1.59 bits per heavy atom. The summed E-state index contributed by atoms with van der Waals surface area (Å²) >= 11 is 5.95. The van der Waals surface area contributed by atoms with Crippen LogP contribution in [-0.4, -0.2) is 70.8 Å². The Bertz CT molecular complexity index is 2160. The lowest BCUT2D eigenvalue weighted by Gasteiger charge is -2.75.